The van der Waals surface area contributed by atoms with Gasteiger partial charge in [-0.1, -0.05) is 0 Å². The molecule has 5 heteroatoms. The van der Waals surface area contributed by atoms with Crippen molar-refractivity contribution >= 4 is 5.97 Å². The number of esters is 1. The molecule has 0 bridgehead atoms. The largest absolute Gasteiger partial charge is 0.469 e. The van der Waals surface area contributed by atoms with Crippen LogP contribution in [0.2, 0.25) is 0 Å². The van der Waals surface area contributed by atoms with E-state index in [-0.39, 0.29) is 24.5 Å². The van der Waals surface area contributed by atoms with Crippen molar-refractivity contribution in [2.24, 2.45) is 0 Å². The third-order valence-electron chi connectivity index (χ3n) is 2.86. The molecule has 0 spiro atoms. The van der Waals surface area contributed by atoms with Gasteiger partial charge in [0, 0.05) is 12.8 Å². The summed E-state index contributed by atoms with van der Waals surface area (Å²) in [5.74, 6) is -0.759. The lowest BCUT2D eigenvalue weighted by Crippen LogP contribution is -2.25. The summed E-state index contributed by atoms with van der Waals surface area (Å²) in [6, 6.07) is 0. The number of hydrogen-bond donors (Lipinski definition) is 0. The standard InChI is InChI=1S/C11H18O5/c1-11(2)15-8-6-7(14-10(8)16-11)4-5-9(12)13-3/h7-8,10H,4-6H2,1-3H3/t7-,8?,10?/m0/s1. The number of fused-ring (bicyclic) bond motifs is 1. The molecule has 2 aliphatic rings. The van der Waals surface area contributed by atoms with Gasteiger partial charge in [-0.05, 0) is 20.3 Å². The minimum atomic E-state index is -0.553. The van der Waals surface area contributed by atoms with Crippen LogP contribution in [0, 0.1) is 0 Å². The maximum absolute atomic E-state index is 11.0. The Morgan fingerprint density at radius 3 is 2.81 bits per heavy atom. The molecule has 0 aromatic rings. The highest BCUT2D eigenvalue weighted by Crippen LogP contribution is 2.38. The number of ether oxygens (including phenoxy) is 4. The second-order valence-electron chi connectivity index (χ2n) is 4.65. The Labute approximate surface area is 95.0 Å². The van der Waals surface area contributed by atoms with Gasteiger partial charge in [0.05, 0.1) is 13.2 Å². The van der Waals surface area contributed by atoms with Crippen LogP contribution in [-0.2, 0) is 23.7 Å². The fourth-order valence-corrected chi connectivity index (χ4v) is 2.15. The van der Waals surface area contributed by atoms with Crippen molar-refractivity contribution in [2.45, 2.75) is 57.4 Å². The fourth-order valence-electron chi connectivity index (χ4n) is 2.15. The quantitative estimate of drug-likeness (QED) is 0.682. The van der Waals surface area contributed by atoms with Crippen LogP contribution in [0.15, 0.2) is 0 Å². The van der Waals surface area contributed by atoms with E-state index in [2.05, 4.69) is 4.74 Å². The fraction of sp³-hybridized carbons (Fsp3) is 0.909. The molecule has 92 valence electrons. The maximum Gasteiger partial charge on any atom is 0.305 e. The molecule has 2 saturated heterocycles. The van der Waals surface area contributed by atoms with E-state index in [0.29, 0.717) is 12.8 Å². The summed E-state index contributed by atoms with van der Waals surface area (Å²) >= 11 is 0. The van der Waals surface area contributed by atoms with Crippen LogP contribution in [0.25, 0.3) is 0 Å². The molecule has 2 unspecified atom stereocenters. The molecule has 0 aromatic heterocycles. The van der Waals surface area contributed by atoms with Crippen LogP contribution in [0.4, 0.5) is 0 Å². The number of carbonyl (C=O) groups is 1. The number of rotatable bonds is 3. The number of carbonyl (C=O) groups excluding carboxylic acids is 1. The van der Waals surface area contributed by atoms with Crippen LogP contribution in [0.3, 0.4) is 0 Å². The topological polar surface area (TPSA) is 54.0 Å². The summed E-state index contributed by atoms with van der Waals surface area (Å²) in [4.78, 5) is 11.0. The molecule has 0 saturated carbocycles. The molecule has 2 fully saturated rings. The lowest BCUT2D eigenvalue weighted by atomic mass is 10.1. The zero-order valence-corrected chi connectivity index (χ0v) is 9.89. The third kappa shape index (κ3) is 2.53. The molecule has 0 aromatic carbocycles. The van der Waals surface area contributed by atoms with Crippen molar-refractivity contribution in [2.75, 3.05) is 7.11 Å². The van der Waals surface area contributed by atoms with E-state index in [0.717, 1.165) is 6.42 Å². The highest BCUT2D eigenvalue weighted by molar-refractivity contribution is 5.69. The van der Waals surface area contributed by atoms with Crippen molar-refractivity contribution in [3.63, 3.8) is 0 Å². The molecule has 0 amide bonds. The summed E-state index contributed by atoms with van der Waals surface area (Å²) in [6.45, 7) is 3.75. The van der Waals surface area contributed by atoms with Gasteiger partial charge in [0.1, 0.15) is 6.10 Å². The predicted octanol–water partition coefficient (Wildman–Crippen LogP) is 1.21. The second-order valence-corrected chi connectivity index (χ2v) is 4.65. The summed E-state index contributed by atoms with van der Waals surface area (Å²) in [6.07, 6.45) is 1.57. The summed E-state index contributed by atoms with van der Waals surface area (Å²) in [5, 5.41) is 0. The molecule has 0 radical (unpaired) electrons. The van der Waals surface area contributed by atoms with Crippen molar-refractivity contribution in [3.05, 3.63) is 0 Å². The summed E-state index contributed by atoms with van der Waals surface area (Å²) < 4.78 is 21.5. The maximum atomic E-state index is 11.0. The zero-order chi connectivity index (χ0) is 11.8. The SMILES string of the molecule is COC(=O)CC[C@H]1CC2OC(C)(C)OC2O1. The smallest absolute Gasteiger partial charge is 0.305 e. The van der Waals surface area contributed by atoms with E-state index in [1.165, 1.54) is 7.11 Å². The van der Waals surface area contributed by atoms with Gasteiger partial charge < -0.3 is 18.9 Å². The predicted molar refractivity (Wildman–Crippen MR) is 54.6 cm³/mol. The molecule has 5 nitrogen and oxygen atoms in total. The molecular formula is C11H18O5. The first kappa shape index (κ1) is 11.8. The molecule has 16 heavy (non-hydrogen) atoms. The molecule has 2 aliphatic heterocycles. The van der Waals surface area contributed by atoms with Crippen molar-refractivity contribution in [3.8, 4) is 0 Å². The molecule has 2 rings (SSSR count). The van der Waals surface area contributed by atoms with Crippen LogP contribution in [0.5, 0.6) is 0 Å². The van der Waals surface area contributed by atoms with Gasteiger partial charge in [-0.3, -0.25) is 4.79 Å². The Morgan fingerprint density at radius 1 is 1.44 bits per heavy atom. The minimum absolute atomic E-state index is 0.00218. The minimum Gasteiger partial charge on any atom is -0.469 e. The van der Waals surface area contributed by atoms with Gasteiger partial charge in [-0.15, -0.1) is 0 Å². The highest BCUT2D eigenvalue weighted by atomic mass is 16.8. The van der Waals surface area contributed by atoms with Crippen LogP contribution in [0.1, 0.15) is 33.1 Å². The first-order valence-electron chi connectivity index (χ1n) is 5.58. The lowest BCUT2D eigenvalue weighted by molar-refractivity contribution is -0.205. The van der Waals surface area contributed by atoms with Gasteiger partial charge in [-0.2, -0.15) is 0 Å². The second kappa shape index (κ2) is 4.31. The Hall–Kier alpha value is -0.650. The molecule has 3 atom stereocenters. The molecular weight excluding hydrogens is 212 g/mol. The van der Waals surface area contributed by atoms with E-state index in [4.69, 9.17) is 14.2 Å². The Morgan fingerprint density at radius 2 is 2.19 bits per heavy atom. The first-order chi connectivity index (χ1) is 7.50. The van der Waals surface area contributed by atoms with Gasteiger partial charge in [0.25, 0.3) is 0 Å². The molecule has 2 heterocycles. The lowest BCUT2D eigenvalue weighted by Gasteiger charge is -2.20. The van der Waals surface area contributed by atoms with Gasteiger partial charge >= 0.3 is 5.97 Å². The van der Waals surface area contributed by atoms with E-state index in [1.54, 1.807) is 0 Å². The summed E-state index contributed by atoms with van der Waals surface area (Å²) in [5.41, 5.74) is 0. The molecule has 0 N–H and O–H groups in total. The molecule has 0 aliphatic carbocycles. The highest BCUT2D eigenvalue weighted by Gasteiger charge is 2.48. The Balaban J connectivity index is 1.77. The van der Waals surface area contributed by atoms with E-state index in [1.807, 2.05) is 13.8 Å². The Kier molecular flexibility index (Phi) is 3.19. The van der Waals surface area contributed by atoms with Gasteiger partial charge in [0.15, 0.2) is 12.1 Å². The van der Waals surface area contributed by atoms with Crippen molar-refractivity contribution < 1.29 is 23.7 Å². The first-order valence-corrected chi connectivity index (χ1v) is 5.58. The van der Waals surface area contributed by atoms with Crippen LogP contribution < -0.4 is 0 Å². The normalized spacial score (nSPS) is 36.1. The zero-order valence-electron chi connectivity index (χ0n) is 9.89. The summed E-state index contributed by atoms with van der Waals surface area (Å²) in [7, 11) is 1.39. The third-order valence-corrected chi connectivity index (χ3v) is 2.86. The van der Waals surface area contributed by atoms with Gasteiger partial charge in [-0.25, -0.2) is 0 Å². The van der Waals surface area contributed by atoms with E-state index in [9.17, 15) is 4.79 Å². The Bertz CT molecular complexity index is 260. The van der Waals surface area contributed by atoms with E-state index >= 15 is 0 Å². The van der Waals surface area contributed by atoms with Gasteiger partial charge in [0.2, 0.25) is 0 Å². The van der Waals surface area contributed by atoms with Crippen molar-refractivity contribution in [1.82, 2.24) is 0 Å². The number of hydrogen-bond acceptors (Lipinski definition) is 5. The van der Waals surface area contributed by atoms with Crippen LogP contribution in [-0.4, -0.2) is 37.4 Å². The van der Waals surface area contributed by atoms with Crippen molar-refractivity contribution in [1.29, 1.82) is 0 Å². The average Bonchev–Trinajstić information content (AvgIpc) is 2.67. The van der Waals surface area contributed by atoms with Crippen LogP contribution >= 0.6 is 0 Å². The average molecular weight is 230 g/mol. The number of methoxy groups -OCH3 is 1. The van der Waals surface area contributed by atoms with E-state index < -0.39 is 5.79 Å². The monoisotopic (exact) mass is 230 g/mol.